The van der Waals surface area contributed by atoms with E-state index in [4.69, 9.17) is 14.2 Å². The van der Waals surface area contributed by atoms with Crippen LogP contribution in [0.3, 0.4) is 0 Å². The smallest absolute Gasteiger partial charge is 0.164 e. The Kier molecular flexibility index (Phi) is 5.47. The van der Waals surface area contributed by atoms with E-state index < -0.39 is 0 Å². The summed E-state index contributed by atoms with van der Waals surface area (Å²) in [6, 6.07) is 8.30. The zero-order valence-corrected chi connectivity index (χ0v) is 13.6. The summed E-state index contributed by atoms with van der Waals surface area (Å²) >= 11 is 1.75. The number of hydrogen-bond acceptors (Lipinski definition) is 5. The van der Waals surface area contributed by atoms with Crippen molar-refractivity contribution in [1.29, 1.82) is 0 Å². The van der Waals surface area contributed by atoms with Crippen molar-refractivity contribution in [2.24, 2.45) is 0 Å². The number of ether oxygens (including phenoxy) is 3. The van der Waals surface area contributed by atoms with E-state index in [1.807, 2.05) is 12.1 Å². The predicted octanol–water partition coefficient (Wildman–Crippen LogP) is 3.62. The summed E-state index contributed by atoms with van der Waals surface area (Å²) in [4.78, 5) is 1.31. The first-order valence-corrected chi connectivity index (χ1v) is 7.63. The summed E-state index contributed by atoms with van der Waals surface area (Å²) in [6.45, 7) is 2.85. The first kappa shape index (κ1) is 15.7. The molecule has 0 unspecified atom stereocenters. The minimum atomic E-state index is 0.294. The highest BCUT2D eigenvalue weighted by atomic mass is 32.1. The fraction of sp³-hybridized carbons (Fsp3) is 0.375. The first-order chi connectivity index (χ1) is 10.2. The topological polar surface area (TPSA) is 39.7 Å². The standard InChI is InChI=1S/C16H21NO3S/c1-11(16-6-5-7-21-16)17-10-12-8-14(19-3)15(20-4)9-13(12)18-2/h5-9,11,17H,10H2,1-4H3/t11-/m0/s1. The van der Waals surface area contributed by atoms with Gasteiger partial charge in [0.15, 0.2) is 11.5 Å². The van der Waals surface area contributed by atoms with E-state index in [1.54, 1.807) is 32.7 Å². The fourth-order valence-electron chi connectivity index (χ4n) is 2.13. The maximum atomic E-state index is 5.44. The van der Waals surface area contributed by atoms with Gasteiger partial charge in [-0.3, -0.25) is 0 Å². The highest BCUT2D eigenvalue weighted by molar-refractivity contribution is 7.10. The van der Waals surface area contributed by atoms with Gasteiger partial charge in [-0.15, -0.1) is 11.3 Å². The third-order valence-corrected chi connectivity index (χ3v) is 4.41. The molecule has 21 heavy (non-hydrogen) atoms. The average molecular weight is 307 g/mol. The molecule has 1 aromatic carbocycles. The van der Waals surface area contributed by atoms with Crippen molar-refractivity contribution in [3.05, 3.63) is 40.1 Å². The molecule has 2 rings (SSSR count). The highest BCUT2D eigenvalue weighted by Gasteiger charge is 2.13. The number of methoxy groups -OCH3 is 3. The predicted molar refractivity (Wildman–Crippen MR) is 85.7 cm³/mol. The minimum Gasteiger partial charge on any atom is -0.496 e. The summed E-state index contributed by atoms with van der Waals surface area (Å²) in [7, 11) is 4.91. The van der Waals surface area contributed by atoms with Crippen LogP contribution in [0.2, 0.25) is 0 Å². The molecule has 0 saturated carbocycles. The second-order valence-electron chi connectivity index (χ2n) is 4.64. The molecule has 0 aliphatic heterocycles. The molecule has 1 heterocycles. The number of thiophene rings is 1. The molecule has 114 valence electrons. The maximum Gasteiger partial charge on any atom is 0.164 e. The van der Waals surface area contributed by atoms with E-state index in [0.717, 1.165) is 11.3 Å². The molecule has 4 nitrogen and oxygen atoms in total. The van der Waals surface area contributed by atoms with Gasteiger partial charge in [-0.05, 0) is 24.4 Å². The molecule has 0 saturated heterocycles. The number of hydrogen-bond donors (Lipinski definition) is 1. The zero-order chi connectivity index (χ0) is 15.2. The third kappa shape index (κ3) is 3.68. The van der Waals surface area contributed by atoms with E-state index in [9.17, 15) is 0 Å². The molecule has 1 N–H and O–H groups in total. The van der Waals surface area contributed by atoms with Gasteiger partial charge in [0.25, 0.3) is 0 Å². The lowest BCUT2D eigenvalue weighted by Crippen LogP contribution is -2.17. The van der Waals surface area contributed by atoms with Gasteiger partial charge in [0.1, 0.15) is 5.75 Å². The maximum absolute atomic E-state index is 5.44. The van der Waals surface area contributed by atoms with E-state index >= 15 is 0 Å². The normalized spacial score (nSPS) is 12.0. The Morgan fingerprint density at radius 2 is 1.71 bits per heavy atom. The molecule has 0 radical (unpaired) electrons. The number of benzene rings is 1. The minimum absolute atomic E-state index is 0.294. The average Bonchev–Trinajstić information content (AvgIpc) is 3.06. The molecule has 0 fully saturated rings. The van der Waals surface area contributed by atoms with Crippen LogP contribution in [0.4, 0.5) is 0 Å². The van der Waals surface area contributed by atoms with E-state index in [-0.39, 0.29) is 0 Å². The Balaban J connectivity index is 2.15. The third-order valence-electron chi connectivity index (χ3n) is 3.36. The van der Waals surface area contributed by atoms with Crippen molar-refractivity contribution in [3.8, 4) is 17.2 Å². The van der Waals surface area contributed by atoms with Crippen LogP contribution in [0.1, 0.15) is 23.4 Å². The molecule has 0 amide bonds. The summed E-state index contributed by atoms with van der Waals surface area (Å²) in [5, 5.41) is 5.59. The lowest BCUT2D eigenvalue weighted by atomic mass is 10.1. The van der Waals surface area contributed by atoms with Crippen LogP contribution in [-0.2, 0) is 6.54 Å². The summed E-state index contributed by atoms with van der Waals surface area (Å²) in [5.41, 5.74) is 1.04. The largest absolute Gasteiger partial charge is 0.496 e. The van der Waals surface area contributed by atoms with Gasteiger partial charge < -0.3 is 19.5 Å². The molecule has 5 heteroatoms. The van der Waals surface area contributed by atoms with Crippen LogP contribution < -0.4 is 19.5 Å². The molecule has 0 aliphatic rings. The van der Waals surface area contributed by atoms with Crippen LogP contribution in [0.25, 0.3) is 0 Å². The zero-order valence-electron chi connectivity index (χ0n) is 12.8. The van der Waals surface area contributed by atoms with Crippen molar-refractivity contribution >= 4 is 11.3 Å². The van der Waals surface area contributed by atoms with Crippen LogP contribution in [0, 0.1) is 0 Å². The summed E-state index contributed by atoms with van der Waals surface area (Å²) in [5.74, 6) is 2.17. The Hall–Kier alpha value is -1.72. The molecule has 1 aromatic heterocycles. The molecular weight excluding hydrogens is 286 g/mol. The van der Waals surface area contributed by atoms with Gasteiger partial charge >= 0.3 is 0 Å². The van der Waals surface area contributed by atoms with Crippen molar-refractivity contribution in [2.75, 3.05) is 21.3 Å². The van der Waals surface area contributed by atoms with Gasteiger partial charge in [0, 0.05) is 29.1 Å². The van der Waals surface area contributed by atoms with E-state index in [0.29, 0.717) is 24.1 Å². The fourth-order valence-corrected chi connectivity index (χ4v) is 2.89. The Morgan fingerprint density at radius 3 is 2.29 bits per heavy atom. The lowest BCUT2D eigenvalue weighted by Gasteiger charge is -2.17. The first-order valence-electron chi connectivity index (χ1n) is 6.75. The van der Waals surface area contributed by atoms with Crippen LogP contribution in [0.15, 0.2) is 29.6 Å². The van der Waals surface area contributed by atoms with Crippen molar-refractivity contribution in [3.63, 3.8) is 0 Å². The van der Waals surface area contributed by atoms with Crippen LogP contribution in [0.5, 0.6) is 17.2 Å². The molecule has 0 bridgehead atoms. The second-order valence-corrected chi connectivity index (χ2v) is 5.62. The monoisotopic (exact) mass is 307 g/mol. The molecule has 1 atom stereocenters. The molecule has 2 aromatic rings. The molecular formula is C16H21NO3S. The Morgan fingerprint density at radius 1 is 1.05 bits per heavy atom. The molecule has 0 aliphatic carbocycles. The van der Waals surface area contributed by atoms with E-state index in [2.05, 4.69) is 29.8 Å². The lowest BCUT2D eigenvalue weighted by molar-refractivity contribution is 0.346. The summed E-state index contributed by atoms with van der Waals surface area (Å²) < 4.78 is 16.1. The quantitative estimate of drug-likeness (QED) is 0.848. The molecule has 0 spiro atoms. The highest BCUT2D eigenvalue weighted by Crippen LogP contribution is 2.34. The Labute approximate surface area is 129 Å². The SMILES string of the molecule is COc1cc(OC)c(OC)cc1CN[C@@H](C)c1cccs1. The van der Waals surface area contributed by atoms with Crippen LogP contribution in [-0.4, -0.2) is 21.3 Å². The van der Waals surface area contributed by atoms with Crippen molar-refractivity contribution < 1.29 is 14.2 Å². The Bertz CT molecular complexity index is 569. The van der Waals surface area contributed by atoms with Gasteiger partial charge in [-0.25, -0.2) is 0 Å². The van der Waals surface area contributed by atoms with Gasteiger partial charge in [-0.1, -0.05) is 6.07 Å². The van der Waals surface area contributed by atoms with Gasteiger partial charge in [0.2, 0.25) is 0 Å². The van der Waals surface area contributed by atoms with E-state index in [1.165, 1.54) is 4.88 Å². The number of rotatable bonds is 7. The van der Waals surface area contributed by atoms with Crippen LogP contribution >= 0.6 is 11.3 Å². The van der Waals surface area contributed by atoms with Crippen molar-refractivity contribution in [1.82, 2.24) is 5.32 Å². The second kappa shape index (κ2) is 7.33. The van der Waals surface area contributed by atoms with Gasteiger partial charge in [0.05, 0.1) is 21.3 Å². The van der Waals surface area contributed by atoms with Crippen molar-refractivity contribution in [2.45, 2.75) is 19.5 Å². The summed E-state index contributed by atoms with van der Waals surface area (Å²) in [6.07, 6.45) is 0. The number of nitrogens with one attached hydrogen (secondary N) is 1. The van der Waals surface area contributed by atoms with Gasteiger partial charge in [-0.2, -0.15) is 0 Å².